The van der Waals surface area contributed by atoms with Crippen molar-refractivity contribution >= 4 is 0 Å². The highest BCUT2D eigenvalue weighted by atomic mass is 19.3. The Morgan fingerprint density at radius 3 is 2.07 bits per heavy atom. The second kappa shape index (κ2) is 3.24. The minimum absolute atomic E-state index is 0.816. The van der Waals surface area contributed by atoms with Gasteiger partial charge >= 0.3 is 12.2 Å². The molecule has 1 rings (SSSR count). The zero-order valence-corrected chi connectivity index (χ0v) is 7.36. The molecule has 1 aliphatic rings. The van der Waals surface area contributed by atoms with E-state index in [9.17, 15) is 17.6 Å². The smallest absolute Gasteiger partial charge is 0.247 e. The standard InChI is InChI=1S/C9H8F4O/c1-3-5-7-6(4-2)8(10,11)14-9(7,12)13/h3-5H,1H2,2H3/b6-4+,7-5+. The molecule has 1 saturated heterocycles. The fourth-order valence-electron chi connectivity index (χ4n) is 1.21. The number of hydrogen-bond acceptors (Lipinski definition) is 1. The third-order valence-electron chi connectivity index (χ3n) is 1.75. The van der Waals surface area contributed by atoms with Gasteiger partial charge in [-0.1, -0.05) is 24.8 Å². The van der Waals surface area contributed by atoms with Crippen molar-refractivity contribution in [3.05, 3.63) is 36.0 Å². The molecule has 1 aliphatic heterocycles. The van der Waals surface area contributed by atoms with E-state index in [1.54, 1.807) is 0 Å². The minimum atomic E-state index is -3.96. The van der Waals surface area contributed by atoms with E-state index >= 15 is 0 Å². The third-order valence-corrected chi connectivity index (χ3v) is 1.75. The molecule has 0 amide bonds. The molecule has 0 aromatic rings. The van der Waals surface area contributed by atoms with Crippen LogP contribution in [0.25, 0.3) is 0 Å². The summed E-state index contributed by atoms with van der Waals surface area (Å²) in [5.74, 6) is 0. The van der Waals surface area contributed by atoms with E-state index in [-0.39, 0.29) is 0 Å². The highest BCUT2D eigenvalue weighted by molar-refractivity contribution is 5.43. The maximum atomic E-state index is 12.9. The zero-order valence-electron chi connectivity index (χ0n) is 7.36. The third kappa shape index (κ3) is 1.59. The van der Waals surface area contributed by atoms with Crippen molar-refractivity contribution in [3.63, 3.8) is 0 Å². The van der Waals surface area contributed by atoms with E-state index in [4.69, 9.17) is 0 Å². The van der Waals surface area contributed by atoms with Crippen LogP contribution in [0.3, 0.4) is 0 Å². The lowest BCUT2D eigenvalue weighted by molar-refractivity contribution is -0.313. The summed E-state index contributed by atoms with van der Waals surface area (Å²) in [7, 11) is 0. The largest absolute Gasteiger partial charge is 0.388 e. The van der Waals surface area contributed by atoms with Gasteiger partial charge in [-0.3, -0.25) is 0 Å². The Morgan fingerprint density at radius 1 is 1.14 bits per heavy atom. The van der Waals surface area contributed by atoms with Crippen LogP contribution < -0.4 is 0 Å². The molecular weight excluding hydrogens is 200 g/mol. The molecule has 5 heteroatoms. The topological polar surface area (TPSA) is 9.23 Å². The molecule has 78 valence electrons. The first-order valence-electron chi connectivity index (χ1n) is 3.81. The van der Waals surface area contributed by atoms with E-state index < -0.39 is 23.4 Å². The lowest BCUT2D eigenvalue weighted by Gasteiger charge is -2.09. The SMILES string of the molecule is C=C/C=C1\C(=C/C)C(F)(F)OC1(F)F. The number of hydrogen-bond donors (Lipinski definition) is 0. The van der Waals surface area contributed by atoms with Crippen molar-refractivity contribution in [3.8, 4) is 0 Å². The van der Waals surface area contributed by atoms with Gasteiger partial charge < -0.3 is 0 Å². The molecule has 0 atom stereocenters. The van der Waals surface area contributed by atoms with Gasteiger partial charge in [0.1, 0.15) is 0 Å². The molecule has 0 spiro atoms. The molecule has 0 radical (unpaired) electrons. The summed E-state index contributed by atoms with van der Waals surface area (Å²) in [5.41, 5.74) is -1.66. The molecule has 0 aromatic heterocycles. The summed E-state index contributed by atoms with van der Waals surface area (Å²) in [4.78, 5) is 0. The van der Waals surface area contributed by atoms with Gasteiger partial charge in [0.05, 0.1) is 11.1 Å². The van der Waals surface area contributed by atoms with E-state index in [2.05, 4.69) is 11.3 Å². The van der Waals surface area contributed by atoms with Crippen LogP contribution in [-0.4, -0.2) is 12.2 Å². The second-order valence-corrected chi connectivity index (χ2v) is 2.65. The summed E-state index contributed by atoms with van der Waals surface area (Å²) in [5, 5.41) is 0. The Hall–Kier alpha value is -1.10. The molecular formula is C9H8F4O. The number of rotatable bonds is 1. The number of halogens is 4. The average molecular weight is 208 g/mol. The van der Waals surface area contributed by atoms with Crippen molar-refractivity contribution in [1.29, 1.82) is 0 Å². The van der Waals surface area contributed by atoms with Gasteiger partial charge in [0.15, 0.2) is 0 Å². The Bertz CT molecular complexity index is 315. The van der Waals surface area contributed by atoms with Crippen molar-refractivity contribution in [2.24, 2.45) is 0 Å². The summed E-state index contributed by atoms with van der Waals surface area (Å²) < 4.78 is 54.8. The molecule has 0 unspecified atom stereocenters. The maximum Gasteiger partial charge on any atom is 0.388 e. The van der Waals surface area contributed by atoms with Gasteiger partial charge in [0, 0.05) is 0 Å². The molecule has 1 heterocycles. The van der Waals surface area contributed by atoms with E-state index in [0.717, 1.165) is 18.2 Å². The monoisotopic (exact) mass is 208 g/mol. The normalized spacial score (nSPS) is 29.8. The lowest BCUT2D eigenvalue weighted by atomic mass is 10.1. The number of alkyl halides is 4. The average Bonchev–Trinajstić information content (AvgIpc) is 2.17. The van der Waals surface area contributed by atoms with Gasteiger partial charge in [-0.25, -0.2) is 4.74 Å². The zero-order chi connectivity index (χ0) is 11.0. The van der Waals surface area contributed by atoms with Gasteiger partial charge in [-0.2, -0.15) is 17.6 Å². The molecule has 0 aliphatic carbocycles. The summed E-state index contributed by atoms with van der Waals surface area (Å²) in [6.45, 7) is 4.41. The number of allylic oxidation sites excluding steroid dienone is 3. The maximum absolute atomic E-state index is 12.9. The van der Waals surface area contributed by atoms with Gasteiger partial charge in [-0.05, 0) is 6.92 Å². The summed E-state index contributed by atoms with van der Waals surface area (Å²) >= 11 is 0. The number of ether oxygens (including phenoxy) is 1. The highest BCUT2D eigenvalue weighted by Gasteiger charge is 2.59. The molecule has 1 fully saturated rings. The molecule has 0 saturated carbocycles. The van der Waals surface area contributed by atoms with Crippen molar-refractivity contribution in [2.75, 3.05) is 0 Å². The van der Waals surface area contributed by atoms with Crippen LogP contribution in [0.1, 0.15) is 6.92 Å². The van der Waals surface area contributed by atoms with E-state index in [0.29, 0.717) is 0 Å². The molecule has 1 nitrogen and oxygen atoms in total. The van der Waals surface area contributed by atoms with Crippen LogP contribution in [-0.2, 0) is 4.74 Å². The Balaban J connectivity index is 3.27. The quantitative estimate of drug-likeness (QED) is 0.601. The Kier molecular flexibility index (Phi) is 2.54. The van der Waals surface area contributed by atoms with E-state index in [1.807, 2.05) is 0 Å². The molecule has 14 heavy (non-hydrogen) atoms. The van der Waals surface area contributed by atoms with Gasteiger partial charge in [0.2, 0.25) is 0 Å². The summed E-state index contributed by atoms with van der Waals surface area (Å²) in [6, 6.07) is 0. The first-order chi connectivity index (χ1) is 6.35. The molecule has 0 N–H and O–H groups in total. The van der Waals surface area contributed by atoms with Crippen LogP contribution in [0.4, 0.5) is 17.6 Å². The lowest BCUT2D eigenvalue weighted by Crippen LogP contribution is -2.21. The Labute approximate surface area is 78.4 Å². The first-order valence-corrected chi connectivity index (χ1v) is 3.81. The van der Waals surface area contributed by atoms with Crippen LogP contribution in [0.15, 0.2) is 36.0 Å². The van der Waals surface area contributed by atoms with Crippen molar-refractivity contribution < 1.29 is 22.3 Å². The first kappa shape index (κ1) is 11.0. The summed E-state index contributed by atoms with van der Waals surface area (Å²) in [6.07, 6.45) is -5.17. The predicted molar refractivity (Wildman–Crippen MR) is 43.0 cm³/mol. The van der Waals surface area contributed by atoms with Crippen molar-refractivity contribution in [2.45, 2.75) is 19.1 Å². The van der Waals surface area contributed by atoms with Crippen LogP contribution in [0.5, 0.6) is 0 Å². The van der Waals surface area contributed by atoms with Gasteiger partial charge in [0.25, 0.3) is 0 Å². The molecule has 0 bridgehead atoms. The second-order valence-electron chi connectivity index (χ2n) is 2.65. The predicted octanol–water partition coefficient (Wildman–Crippen LogP) is 3.26. The fraction of sp³-hybridized carbons (Fsp3) is 0.333. The molecule has 0 aromatic carbocycles. The van der Waals surface area contributed by atoms with Crippen LogP contribution in [0, 0.1) is 0 Å². The van der Waals surface area contributed by atoms with Crippen LogP contribution >= 0.6 is 0 Å². The van der Waals surface area contributed by atoms with Crippen LogP contribution in [0.2, 0.25) is 0 Å². The Morgan fingerprint density at radius 2 is 1.64 bits per heavy atom. The minimum Gasteiger partial charge on any atom is -0.247 e. The highest BCUT2D eigenvalue weighted by Crippen LogP contribution is 2.49. The van der Waals surface area contributed by atoms with Crippen molar-refractivity contribution in [1.82, 2.24) is 0 Å². The van der Waals surface area contributed by atoms with E-state index in [1.165, 1.54) is 6.92 Å². The fourth-order valence-corrected chi connectivity index (χ4v) is 1.21. The van der Waals surface area contributed by atoms with Gasteiger partial charge in [-0.15, -0.1) is 0 Å².